The molecule has 0 atom stereocenters. The van der Waals surface area contributed by atoms with Crippen LogP contribution in [0.3, 0.4) is 0 Å². The lowest BCUT2D eigenvalue weighted by Crippen LogP contribution is -2.01. The third-order valence-electron chi connectivity index (χ3n) is 2.94. The first-order chi connectivity index (χ1) is 9.86. The van der Waals surface area contributed by atoms with Gasteiger partial charge in [-0.3, -0.25) is 4.79 Å². The van der Waals surface area contributed by atoms with Crippen LogP contribution in [0.2, 0.25) is 0 Å². The third-order valence-corrected chi connectivity index (χ3v) is 2.94. The van der Waals surface area contributed by atoms with E-state index in [4.69, 9.17) is 9.47 Å². The highest BCUT2D eigenvalue weighted by molar-refractivity contribution is 5.69. The average Bonchev–Trinajstić information content (AvgIpc) is 2.50. The minimum atomic E-state index is 0.106. The molecule has 1 aromatic rings. The van der Waals surface area contributed by atoms with Gasteiger partial charge in [0.2, 0.25) is 0 Å². The van der Waals surface area contributed by atoms with Crippen LogP contribution in [0.25, 0.3) is 0 Å². The zero-order valence-electron chi connectivity index (χ0n) is 12.2. The average molecular weight is 276 g/mol. The van der Waals surface area contributed by atoms with Crippen molar-refractivity contribution < 1.29 is 14.3 Å². The topological polar surface area (TPSA) is 35.5 Å². The van der Waals surface area contributed by atoms with Crippen LogP contribution in [-0.2, 0) is 20.9 Å². The Morgan fingerprint density at radius 3 is 2.65 bits per heavy atom. The molecule has 3 heteroatoms. The van der Waals surface area contributed by atoms with E-state index in [-0.39, 0.29) is 6.79 Å². The fourth-order valence-corrected chi connectivity index (χ4v) is 1.80. The predicted octanol–water partition coefficient (Wildman–Crippen LogP) is 4.23. The molecular weight excluding hydrogens is 252 g/mol. The van der Waals surface area contributed by atoms with Crippen molar-refractivity contribution >= 4 is 6.29 Å². The molecule has 1 aromatic carbocycles. The first-order valence-corrected chi connectivity index (χ1v) is 7.26. The summed E-state index contributed by atoms with van der Waals surface area (Å²) in [6, 6.07) is 9.87. The van der Waals surface area contributed by atoms with Crippen molar-refractivity contribution in [3.8, 4) is 0 Å². The Balaban J connectivity index is 2.14. The molecule has 0 heterocycles. The van der Waals surface area contributed by atoms with Crippen molar-refractivity contribution in [1.29, 1.82) is 0 Å². The second-order valence-corrected chi connectivity index (χ2v) is 4.67. The maximum absolute atomic E-state index is 10.8. The summed E-state index contributed by atoms with van der Waals surface area (Å²) in [6.07, 6.45) is 8.22. The number of aldehydes is 1. The van der Waals surface area contributed by atoms with Gasteiger partial charge in [0.25, 0.3) is 0 Å². The van der Waals surface area contributed by atoms with E-state index in [1.54, 1.807) is 0 Å². The first kappa shape index (κ1) is 16.4. The highest BCUT2D eigenvalue weighted by Crippen LogP contribution is 2.06. The van der Waals surface area contributed by atoms with Gasteiger partial charge in [-0.25, -0.2) is 0 Å². The van der Waals surface area contributed by atoms with Crippen LogP contribution < -0.4 is 0 Å². The van der Waals surface area contributed by atoms with Crippen molar-refractivity contribution in [2.75, 3.05) is 6.79 Å². The van der Waals surface area contributed by atoms with Gasteiger partial charge in [0.05, 0.1) is 6.61 Å². The summed E-state index contributed by atoms with van der Waals surface area (Å²) in [7, 11) is 0. The second-order valence-electron chi connectivity index (χ2n) is 4.67. The summed E-state index contributed by atoms with van der Waals surface area (Å²) in [5.74, 6) is 0.370. The van der Waals surface area contributed by atoms with Gasteiger partial charge in [-0.2, -0.15) is 0 Å². The van der Waals surface area contributed by atoms with E-state index >= 15 is 0 Å². The number of carbonyl (C=O) groups is 1. The number of carbonyl (C=O) groups excluding carboxylic acids is 1. The summed E-state index contributed by atoms with van der Waals surface area (Å²) in [5.41, 5.74) is 1.09. The molecule has 0 unspecified atom stereocenters. The monoisotopic (exact) mass is 276 g/mol. The number of hydrogen-bond acceptors (Lipinski definition) is 3. The van der Waals surface area contributed by atoms with Crippen LogP contribution in [0.4, 0.5) is 0 Å². The summed E-state index contributed by atoms with van der Waals surface area (Å²) in [6.45, 7) is 2.78. The highest BCUT2D eigenvalue weighted by atomic mass is 16.7. The van der Waals surface area contributed by atoms with E-state index in [9.17, 15) is 4.79 Å². The third kappa shape index (κ3) is 7.74. The molecule has 0 aromatic heterocycles. The standard InChI is InChI=1S/C17H24O3/c1-2-3-4-5-9-12-17(13-18)20-15-19-14-16-10-7-6-8-11-16/h6-8,10-13H,2-5,9,14-15H2,1H3/b17-12+. The van der Waals surface area contributed by atoms with Gasteiger partial charge in [0.15, 0.2) is 18.8 Å². The molecule has 0 saturated carbocycles. The van der Waals surface area contributed by atoms with E-state index in [1.807, 2.05) is 36.4 Å². The first-order valence-electron chi connectivity index (χ1n) is 7.26. The largest absolute Gasteiger partial charge is 0.464 e. The van der Waals surface area contributed by atoms with E-state index in [2.05, 4.69) is 6.92 Å². The summed E-state index contributed by atoms with van der Waals surface area (Å²) < 4.78 is 10.7. The Morgan fingerprint density at radius 2 is 1.95 bits per heavy atom. The Kier molecular flexibility index (Phi) is 9.24. The highest BCUT2D eigenvalue weighted by Gasteiger charge is 1.97. The number of ether oxygens (including phenoxy) is 2. The van der Waals surface area contributed by atoms with Gasteiger partial charge in [0, 0.05) is 0 Å². The van der Waals surface area contributed by atoms with E-state index in [1.165, 1.54) is 19.3 Å². The van der Waals surface area contributed by atoms with Crippen molar-refractivity contribution in [2.24, 2.45) is 0 Å². The lowest BCUT2D eigenvalue weighted by Gasteiger charge is -2.07. The molecule has 0 N–H and O–H groups in total. The Hall–Kier alpha value is -1.61. The van der Waals surface area contributed by atoms with Crippen LogP contribution in [0, 0.1) is 0 Å². The van der Waals surface area contributed by atoms with Gasteiger partial charge >= 0.3 is 0 Å². The van der Waals surface area contributed by atoms with E-state index in [0.717, 1.165) is 24.7 Å². The van der Waals surface area contributed by atoms with Gasteiger partial charge in [0.1, 0.15) is 0 Å². The molecule has 3 nitrogen and oxygen atoms in total. The molecule has 0 fully saturated rings. The maximum atomic E-state index is 10.8. The molecule has 20 heavy (non-hydrogen) atoms. The zero-order valence-corrected chi connectivity index (χ0v) is 12.2. The molecule has 0 aliphatic rings. The predicted molar refractivity (Wildman–Crippen MR) is 80.1 cm³/mol. The van der Waals surface area contributed by atoms with Crippen LogP contribution >= 0.6 is 0 Å². The Bertz CT molecular complexity index is 384. The number of rotatable bonds is 11. The normalized spacial score (nSPS) is 11.3. The van der Waals surface area contributed by atoms with Gasteiger partial charge < -0.3 is 9.47 Å². The SMILES string of the molecule is CCCCCC/C=C(\C=O)OCOCc1ccccc1. The number of unbranched alkanes of at least 4 members (excludes halogenated alkanes) is 4. The van der Waals surface area contributed by atoms with Crippen molar-refractivity contribution in [1.82, 2.24) is 0 Å². The number of allylic oxidation sites excluding steroid dienone is 2. The molecule has 1 rings (SSSR count). The molecule has 0 aliphatic carbocycles. The van der Waals surface area contributed by atoms with Crippen molar-refractivity contribution in [3.63, 3.8) is 0 Å². The molecule has 110 valence electrons. The minimum absolute atomic E-state index is 0.106. The van der Waals surface area contributed by atoms with E-state index in [0.29, 0.717) is 12.4 Å². The fourth-order valence-electron chi connectivity index (χ4n) is 1.80. The van der Waals surface area contributed by atoms with Crippen LogP contribution in [0.15, 0.2) is 42.2 Å². The van der Waals surface area contributed by atoms with E-state index < -0.39 is 0 Å². The molecule has 0 bridgehead atoms. The lowest BCUT2D eigenvalue weighted by molar-refractivity contribution is -0.111. The van der Waals surface area contributed by atoms with Crippen LogP contribution in [0.5, 0.6) is 0 Å². The maximum Gasteiger partial charge on any atom is 0.189 e. The van der Waals surface area contributed by atoms with Gasteiger partial charge in [-0.05, 0) is 24.5 Å². The van der Waals surface area contributed by atoms with Crippen molar-refractivity contribution in [2.45, 2.75) is 45.6 Å². The van der Waals surface area contributed by atoms with Gasteiger partial charge in [-0.15, -0.1) is 0 Å². The Labute approximate surface area is 121 Å². The molecule has 0 saturated heterocycles. The smallest absolute Gasteiger partial charge is 0.189 e. The Morgan fingerprint density at radius 1 is 1.15 bits per heavy atom. The van der Waals surface area contributed by atoms with Crippen molar-refractivity contribution in [3.05, 3.63) is 47.7 Å². The zero-order chi connectivity index (χ0) is 14.5. The fraction of sp³-hybridized carbons (Fsp3) is 0.471. The number of benzene rings is 1. The summed E-state index contributed by atoms with van der Waals surface area (Å²) in [4.78, 5) is 10.8. The molecule has 0 amide bonds. The molecule has 0 spiro atoms. The quantitative estimate of drug-likeness (QED) is 0.199. The summed E-state index contributed by atoms with van der Waals surface area (Å²) in [5, 5.41) is 0. The molecule has 0 aliphatic heterocycles. The van der Waals surface area contributed by atoms with Crippen LogP contribution in [0.1, 0.15) is 44.6 Å². The van der Waals surface area contributed by atoms with Gasteiger partial charge in [-0.1, -0.05) is 56.5 Å². The minimum Gasteiger partial charge on any atom is -0.464 e. The second kappa shape index (κ2) is 11.2. The lowest BCUT2D eigenvalue weighted by atomic mass is 10.1. The summed E-state index contributed by atoms with van der Waals surface area (Å²) >= 11 is 0. The number of hydrogen-bond donors (Lipinski definition) is 0. The molecular formula is C17H24O3. The van der Waals surface area contributed by atoms with Crippen LogP contribution in [-0.4, -0.2) is 13.1 Å². The molecule has 0 radical (unpaired) electrons.